The van der Waals surface area contributed by atoms with Gasteiger partial charge in [0.1, 0.15) is 5.82 Å². The van der Waals surface area contributed by atoms with Gasteiger partial charge in [-0.1, -0.05) is 13.0 Å². The van der Waals surface area contributed by atoms with E-state index in [4.69, 9.17) is 4.99 Å². The third kappa shape index (κ3) is 5.67. The zero-order chi connectivity index (χ0) is 27.0. The summed E-state index contributed by atoms with van der Waals surface area (Å²) in [5.41, 5.74) is 4.00. The molecule has 1 amide bonds. The summed E-state index contributed by atoms with van der Waals surface area (Å²) in [7, 11) is 0. The molecule has 0 N–H and O–H groups in total. The maximum atomic E-state index is 14.5. The van der Waals surface area contributed by atoms with E-state index in [0.29, 0.717) is 39.1 Å². The maximum Gasteiger partial charge on any atom is 0.416 e. The zero-order valence-electron chi connectivity index (χ0n) is 21.7. The van der Waals surface area contributed by atoms with E-state index in [9.17, 15) is 22.4 Å². The molecule has 202 valence electrons. The highest BCUT2D eigenvalue weighted by Gasteiger charge is 2.36. The average Bonchev–Trinajstić information content (AvgIpc) is 3.27. The smallest absolute Gasteiger partial charge is 0.338 e. The van der Waals surface area contributed by atoms with Gasteiger partial charge in [-0.3, -0.25) is 19.7 Å². The van der Waals surface area contributed by atoms with Crippen LogP contribution >= 0.6 is 0 Å². The Hall–Kier alpha value is -3.07. The Morgan fingerprint density at radius 1 is 1.18 bits per heavy atom. The van der Waals surface area contributed by atoms with Crippen LogP contribution in [0.3, 0.4) is 0 Å². The van der Waals surface area contributed by atoms with Gasteiger partial charge in [-0.2, -0.15) is 13.2 Å². The summed E-state index contributed by atoms with van der Waals surface area (Å²) in [5.74, 6) is -0.597. The molecule has 0 aliphatic carbocycles. The molecule has 0 bridgehead atoms. The number of halogens is 4. The van der Waals surface area contributed by atoms with Crippen LogP contribution in [0.2, 0.25) is 0 Å². The first-order valence-electron chi connectivity index (χ1n) is 13.1. The zero-order valence-corrected chi connectivity index (χ0v) is 21.7. The highest BCUT2D eigenvalue weighted by Crippen LogP contribution is 2.35. The predicted octanol–water partition coefficient (Wildman–Crippen LogP) is 5.43. The van der Waals surface area contributed by atoms with Gasteiger partial charge >= 0.3 is 6.18 Å². The highest BCUT2D eigenvalue weighted by atomic mass is 19.4. The van der Waals surface area contributed by atoms with Crippen molar-refractivity contribution in [2.75, 3.05) is 32.7 Å². The van der Waals surface area contributed by atoms with Gasteiger partial charge in [-0.25, -0.2) is 4.39 Å². The van der Waals surface area contributed by atoms with Crippen LogP contribution in [0.15, 0.2) is 52.7 Å². The second-order valence-corrected chi connectivity index (χ2v) is 10.9. The minimum Gasteiger partial charge on any atom is -0.338 e. The number of hydrogen-bond donors (Lipinski definition) is 0. The van der Waals surface area contributed by atoms with Crippen molar-refractivity contribution in [3.05, 3.63) is 75.9 Å². The number of hydrogen-bond acceptors (Lipinski definition) is 4. The van der Waals surface area contributed by atoms with E-state index in [1.54, 1.807) is 6.20 Å². The van der Waals surface area contributed by atoms with Crippen molar-refractivity contribution in [2.24, 2.45) is 16.8 Å². The van der Waals surface area contributed by atoms with Crippen LogP contribution < -0.4 is 0 Å². The Labute approximate surface area is 220 Å². The van der Waals surface area contributed by atoms with E-state index in [1.807, 2.05) is 35.8 Å². The SMILES string of the molecule is Cc1cc(C2=NCC3=C2CN(C(=O)CC2CC(C)CN(Cc4c(F)cccc4C(F)(F)F)C2)CC3)ccn1. The highest BCUT2D eigenvalue weighted by molar-refractivity contribution is 6.15. The van der Waals surface area contributed by atoms with Crippen LogP contribution in [-0.2, 0) is 17.5 Å². The largest absolute Gasteiger partial charge is 0.416 e. The number of aryl methyl sites for hydroxylation is 1. The average molecular weight is 529 g/mol. The number of aliphatic imine (C=N–C) groups is 1. The molecule has 38 heavy (non-hydrogen) atoms. The molecule has 3 aliphatic rings. The summed E-state index contributed by atoms with van der Waals surface area (Å²) < 4.78 is 55.0. The number of nitrogens with zero attached hydrogens (tertiary/aromatic N) is 4. The molecule has 1 aromatic carbocycles. The summed E-state index contributed by atoms with van der Waals surface area (Å²) in [5, 5.41) is 0. The number of alkyl halides is 3. The molecule has 2 atom stereocenters. The Balaban J connectivity index is 1.25. The molecule has 2 unspecified atom stereocenters. The number of rotatable bonds is 5. The van der Waals surface area contributed by atoms with E-state index >= 15 is 0 Å². The van der Waals surface area contributed by atoms with Gasteiger partial charge in [0.15, 0.2) is 0 Å². The number of carbonyl (C=O) groups excluding carboxylic acids is 1. The van der Waals surface area contributed by atoms with Crippen molar-refractivity contribution >= 4 is 11.6 Å². The van der Waals surface area contributed by atoms with Gasteiger partial charge in [0.25, 0.3) is 0 Å². The third-order valence-electron chi connectivity index (χ3n) is 7.79. The number of aromatic nitrogens is 1. The van der Waals surface area contributed by atoms with Crippen LogP contribution in [0.5, 0.6) is 0 Å². The molecule has 2 aromatic rings. The minimum absolute atomic E-state index is 0.00213. The van der Waals surface area contributed by atoms with Crippen molar-refractivity contribution in [3.63, 3.8) is 0 Å². The maximum absolute atomic E-state index is 14.5. The summed E-state index contributed by atoms with van der Waals surface area (Å²) in [6.07, 6.45) is -0.914. The standard InChI is InChI=1S/C29H32F4N4O/c1-18-10-20(15-36(14-18)16-24-25(29(31,32)33)4-3-5-26(24)30)12-27(38)37-9-7-22-13-35-28(23(22)17-37)21-6-8-34-19(2)11-21/h3-6,8,11,18,20H,7,9-10,12-17H2,1-2H3. The van der Waals surface area contributed by atoms with E-state index < -0.39 is 17.6 Å². The molecular formula is C29H32F4N4O. The fourth-order valence-electron chi connectivity index (χ4n) is 6.12. The van der Waals surface area contributed by atoms with Crippen molar-refractivity contribution in [2.45, 2.75) is 45.8 Å². The lowest BCUT2D eigenvalue weighted by Crippen LogP contribution is -2.43. The van der Waals surface area contributed by atoms with E-state index in [1.165, 1.54) is 5.57 Å². The second-order valence-electron chi connectivity index (χ2n) is 10.9. The number of amides is 1. The van der Waals surface area contributed by atoms with Crippen molar-refractivity contribution in [1.29, 1.82) is 0 Å². The lowest BCUT2D eigenvalue weighted by molar-refractivity contribution is -0.138. The van der Waals surface area contributed by atoms with Crippen LogP contribution in [-0.4, -0.2) is 59.1 Å². The quantitative estimate of drug-likeness (QED) is 0.487. The summed E-state index contributed by atoms with van der Waals surface area (Å²) in [4.78, 5) is 26.2. The van der Waals surface area contributed by atoms with E-state index in [2.05, 4.69) is 4.98 Å². The minimum atomic E-state index is -4.62. The molecular weight excluding hydrogens is 496 g/mol. The van der Waals surface area contributed by atoms with Crippen LogP contribution in [0, 0.1) is 24.6 Å². The molecule has 4 heterocycles. The number of piperidine rings is 1. The third-order valence-corrected chi connectivity index (χ3v) is 7.79. The summed E-state index contributed by atoms with van der Waals surface area (Å²) in [6, 6.07) is 7.05. The lowest BCUT2D eigenvalue weighted by atomic mass is 9.87. The lowest BCUT2D eigenvalue weighted by Gasteiger charge is -2.38. The predicted molar refractivity (Wildman–Crippen MR) is 137 cm³/mol. The molecule has 0 saturated carbocycles. The van der Waals surface area contributed by atoms with E-state index in [-0.39, 0.29) is 29.9 Å². The van der Waals surface area contributed by atoms with Crippen LogP contribution in [0.4, 0.5) is 17.6 Å². The fourth-order valence-corrected chi connectivity index (χ4v) is 6.12. The molecule has 3 aliphatic heterocycles. The molecule has 1 aromatic heterocycles. The second kappa shape index (κ2) is 10.6. The number of pyridine rings is 1. The summed E-state index contributed by atoms with van der Waals surface area (Å²) in [6.45, 7) is 6.71. The molecule has 0 spiro atoms. The molecule has 9 heteroatoms. The fraction of sp³-hybridized carbons (Fsp3) is 0.483. The Kier molecular flexibility index (Phi) is 7.40. The van der Waals surface area contributed by atoms with Crippen molar-refractivity contribution in [1.82, 2.24) is 14.8 Å². The van der Waals surface area contributed by atoms with Crippen molar-refractivity contribution in [3.8, 4) is 0 Å². The molecule has 1 saturated heterocycles. The van der Waals surface area contributed by atoms with Gasteiger partial charge in [0.05, 0.1) is 17.8 Å². The first kappa shape index (κ1) is 26.5. The van der Waals surface area contributed by atoms with Gasteiger partial charge in [0.2, 0.25) is 5.91 Å². The van der Waals surface area contributed by atoms with Crippen LogP contribution in [0.25, 0.3) is 0 Å². The Bertz CT molecular complexity index is 1290. The monoisotopic (exact) mass is 528 g/mol. The van der Waals surface area contributed by atoms with E-state index in [0.717, 1.165) is 53.6 Å². The number of carbonyl (C=O) groups is 1. The first-order valence-corrected chi connectivity index (χ1v) is 13.1. The Morgan fingerprint density at radius 3 is 2.76 bits per heavy atom. The van der Waals surface area contributed by atoms with Crippen molar-refractivity contribution < 1.29 is 22.4 Å². The molecule has 1 fully saturated rings. The normalized spacial score (nSPS) is 22.5. The molecule has 5 nitrogen and oxygen atoms in total. The van der Waals surface area contributed by atoms with Gasteiger partial charge in [-0.05, 0) is 67.0 Å². The molecule has 5 rings (SSSR count). The van der Waals surface area contributed by atoms with Gasteiger partial charge < -0.3 is 4.90 Å². The van der Waals surface area contributed by atoms with Crippen LogP contribution in [0.1, 0.15) is 48.6 Å². The summed E-state index contributed by atoms with van der Waals surface area (Å²) >= 11 is 0. The van der Waals surface area contributed by atoms with Gasteiger partial charge in [0, 0.05) is 62.2 Å². The number of benzene rings is 1. The first-order chi connectivity index (χ1) is 18.1. The van der Waals surface area contributed by atoms with Gasteiger partial charge in [-0.15, -0.1) is 0 Å². The molecule has 0 radical (unpaired) electrons. The Morgan fingerprint density at radius 2 is 2.00 bits per heavy atom. The topological polar surface area (TPSA) is 48.8 Å². The number of likely N-dealkylation sites (tertiary alicyclic amines) is 1.